The summed E-state index contributed by atoms with van der Waals surface area (Å²) in [4.78, 5) is 40.3. The molecule has 9 heteroatoms. The van der Waals surface area contributed by atoms with Crippen molar-refractivity contribution in [3.63, 3.8) is 0 Å². The molecule has 0 radical (unpaired) electrons. The lowest BCUT2D eigenvalue weighted by Gasteiger charge is -2.32. The van der Waals surface area contributed by atoms with E-state index in [1.165, 1.54) is 4.68 Å². The van der Waals surface area contributed by atoms with E-state index >= 15 is 0 Å². The summed E-state index contributed by atoms with van der Waals surface area (Å²) < 4.78 is 8.15. The van der Waals surface area contributed by atoms with Gasteiger partial charge in [0.15, 0.2) is 13.9 Å². The molecule has 0 bridgehead atoms. The fourth-order valence-corrected chi connectivity index (χ4v) is 9.41. The van der Waals surface area contributed by atoms with Gasteiger partial charge < -0.3 is 19.5 Å². The van der Waals surface area contributed by atoms with E-state index in [2.05, 4.69) is 5.10 Å². The van der Waals surface area contributed by atoms with Gasteiger partial charge in [-0.15, -0.1) is 0 Å². The number of anilines is 1. The van der Waals surface area contributed by atoms with Gasteiger partial charge in [0.05, 0.1) is 34.9 Å². The molecule has 2 aliphatic heterocycles. The van der Waals surface area contributed by atoms with Crippen LogP contribution in [-0.4, -0.2) is 46.6 Å². The summed E-state index contributed by atoms with van der Waals surface area (Å²) >= 11 is 0. The number of amides is 1. The standard InChI is InChI=1S/C30H33N3O5Si/c1-19-27(39(2,3)37)26(15-16-34)38-30(19)23-12-5-7-14-25(23)32(29(30)36)18-20-9-8-10-21(17-20)33-28(35)22-11-4-6-13-24(22)31-33/h4-14,17,19,26-27,31,34,37H,15-16,18H2,1-3H3/t19-,26+,27-,30+/m1/s1. The van der Waals surface area contributed by atoms with Gasteiger partial charge in [-0.05, 0) is 55.4 Å². The molecule has 0 saturated carbocycles. The van der Waals surface area contributed by atoms with Crippen molar-refractivity contribution < 1.29 is 19.4 Å². The highest BCUT2D eigenvalue weighted by Gasteiger charge is 2.65. The maximum absolute atomic E-state index is 14.4. The van der Waals surface area contributed by atoms with Crippen LogP contribution in [0, 0.1) is 5.92 Å². The average Bonchev–Trinajstić information content (AvgIpc) is 3.49. The Kier molecular flexibility index (Phi) is 6.15. The minimum atomic E-state index is -2.74. The number of ether oxygens (including phenoxy) is 1. The molecule has 3 N–H and O–H groups in total. The summed E-state index contributed by atoms with van der Waals surface area (Å²) in [5.41, 5.74) is 2.33. The Morgan fingerprint density at radius 3 is 2.51 bits per heavy atom. The smallest absolute Gasteiger partial charge is 0.279 e. The lowest BCUT2D eigenvalue weighted by Crippen LogP contribution is -2.46. The number of aliphatic hydroxyl groups is 1. The van der Waals surface area contributed by atoms with E-state index in [1.807, 2.05) is 86.7 Å². The van der Waals surface area contributed by atoms with Crippen molar-refractivity contribution in [1.29, 1.82) is 0 Å². The van der Waals surface area contributed by atoms with Crippen LogP contribution in [0.25, 0.3) is 16.6 Å². The molecule has 0 unspecified atom stereocenters. The Balaban J connectivity index is 1.39. The number of hydrogen-bond acceptors (Lipinski definition) is 5. The first-order valence-corrected chi connectivity index (χ1v) is 16.4. The third-order valence-electron chi connectivity index (χ3n) is 8.41. The fraction of sp³-hybridized carbons (Fsp3) is 0.333. The number of nitrogens with zero attached hydrogens (tertiary/aromatic N) is 2. The minimum Gasteiger partial charge on any atom is -0.432 e. The van der Waals surface area contributed by atoms with Gasteiger partial charge in [-0.2, -0.15) is 0 Å². The highest BCUT2D eigenvalue weighted by Crippen LogP contribution is 2.59. The zero-order valence-corrected chi connectivity index (χ0v) is 23.3. The predicted octanol–water partition coefficient (Wildman–Crippen LogP) is 4.05. The first-order valence-electron chi connectivity index (χ1n) is 13.4. The minimum absolute atomic E-state index is 0.0755. The summed E-state index contributed by atoms with van der Waals surface area (Å²) in [6, 6.07) is 22.7. The molecule has 1 fully saturated rings. The lowest BCUT2D eigenvalue weighted by molar-refractivity contribution is -0.146. The predicted molar refractivity (Wildman–Crippen MR) is 152 cm³/mol. The molecule has 1 aromatic heterocycles. The van der Waals surface area contributed by atoms with Crippen molar-refractivity contribution in [1.82, 2.24) is 9.78 Å². The molecule has 2 aliphatic rings. The Morgan fingerprint density at radius 1 is 1.03 bits per heavy atom. The number of aromatic nitrogens is 2. The number of nitrogens with one attached hydrogen (secondary N) is 1. The Morgan fingerprint density at radius 2 is 1.77 bits per heavy atom. The Bertz CT molecular complexity index is 1620. The molecular formula is C30H33N3O5Si. The van der Waals surface area contributed by atoms with E-state index in [9.17, 15) is 19.5 Å². The van der Waals surface area contributed by atoms with E-state index in [-0.39, 0.29) is 29.5 Å². The number of benzene rings is 3. The Labute approximate surface area is 227 Å². The molecule has 3 heterocycles. The summed E-state index contributed by atoms with van der Waals surface area (Å²) in [5.74, 6) is -0.427. The van der Waals surface area contributed by atoms with Crippen LogP contribution in [0.3, 0.4) is 0 Å². The van der Waals surface area contributed by atoms with Crippen LogP contribution in [0.5, 0.6) is 0 Å². The van der Waals surface area contributed by atoms with Crippen molar-refractivity contribution in [2.24, 2.45) is 5.92 Å². The van der Waals surface area contributed by atoms with Gasteiger partial charge in [0.2, 0.25) is 0 Å². The fourth-order valence-electron chi connectivity index (χ4n) is 6.80. The van der Waals surface area contributed by atoms with Crippen molar-refractivity contribution >= 4 is 30.8 Å². The van der Waals surface area contributed by atoms with Gasteiger partial charge in [-0.3, -0.25) is 14.7 Å². The molecule has 0 aliphatic carbocycles. The zero-order valence-electron chi connectivity index (χ0n) is 22.3. The average molecular weight is 544 g/mol. The van der Waals surface area contributed by atoms with Crippen LogP contribution in [0.2, 0.25) is 18.6 Å². The SMILES string of the molecule is C[C@@H]1[C@@H]([Si](C)(C)O)[C@H](CCO)O[C@@]12C(=O)N(Cc1cccc(-n3[nH]c4ccccc4c3=O)c1)c1ccccc12. The highest BCUT2D eigenvalue weighted by atomic mass is 28.4. The molecule has 1 amide bonds. The zero-order chi connectivity index (χ0) is 27.5. The second-order valence-corrected chi connectivity index (χ2v) is 15.2. The van der Waals surface area contributed by atoms with Crippen molar-refractivity contribution in [3.8, 4) is 5.69 Å². The molecule has 202 valence electrons. The molecule has 8 nitrogen and oxygen atoms in total. The highest BCUT2D eigenvalue weighted by molar-refractivity contribution is 6.71. The number of H-pyrrole nitrogens is 1. The number of fused-ring (bicyclic) bond motifs is 3. The first-order chi connectivity index (χ1) is 18.7. The lowest BCUT2D eigenvalue weighted by atomic mass is 9.82. The maximum Gasteiger partial charge on any atom is 0.279 e. The normalized spacial score (nSPS) is 24.7. The van der Waals surface area contributed by atoms with Crippen LogP contribution in [0.15, 0.2) is 77.6 Å². The molecular weight excluding hydrogens is 510 g/mol. The van der Waals surface area contributed by atoms with Gasteiger partial charge in [0, 0.05) is 23.6 Å². The molecule has 6 rings (SSSR count). The van der Waals surface area contributed by atoms with Crippen LogP contribution in [0.1, 0.15) is 24.5 Å². The Hall–Kier alpha value is -3.50. The van der Waals surface area contributed by atoms with Crippen LogP contribution >= 0.6 is 0 Å². The topological polar surface area (TPSA) is 108 Å². The number of carbonyl (C=O) groups excluding carboxylic acids is 1. The van der Waals surface area contributed by atoms with Gasteiger partial charge in [-0.1, -0.05) is 49.4 Å². The summed E-state index contributed by atoms with van der Waals surface area (Å²) in [6.45, 7) is 5.97. The summed E-state index contributed by atoms with van der Waals surface area (Å²) in [5, 5.41) is 13.5. The molecule has 1 saturated heterocycles. The van der Waals surface area contributed by atoms with Crippen molar-refractivity contribution in [2.75, 3.05) is 11.5 Å². The summed E-state index contributed by atoms with van der Waals surface area (Å²) in [6.07, 6.45) is -0.0457. The number of hydrogen-bond donors (Lipinski definition) is 3. The molecule has 39 heavy (non-hydrogen) atoms. The molecule has 4 atom stereocenters. The van der Waals surface area contributed by atoms with E-state index in [0.29, 0.717) is 24.0 Å². The summed E-state index contributed by atoms with van der Waals surface area (Å²) in [7, 11) is -2.74. The van der Waals surface area contributed by atoms with Crippen LogP contribution in [-0.2, 0) is 21.7 Å². The van der Waals surface area contributed by atoms with Crippen molar-refractivity contribution in [2.45, 2.75) is 50.2 Å². The third kappa shape index (κ3) is 3.91. The number of aromatic amines is 1. The molecule has 1 spiro atoms. The second kappa shape index (κ2) is 9.30. The van der Waals surface area contributed by atoms with E-state index in [1.54, 1.807) is 11.0 Å². The van der Waals surface area contributed by atoms with Gasteiger partial charge in [-0.25, -0.2) is 4.68 Å². The van der Waals surface area contributed by atoms with Gasteiger partial charge in [0.1, 0.15) is 0 Å². The van der Waals surface area contributed by atoms with E-state index < -0.39 is 20.0 Å². The number of aliphatic hydroxyl groups excluding tert-OH is 1. The quantitative estimate of drug-likeness (QED) is 0.318. The van der Waals surface area contributed by atoms with Crippen LogP contribution in [0.4, 0.5) is 5.69 Å². The monoisotopic (exact) mass is 543 g/mol. The van der Waals surface area contributed by atoms with E-state index in [4.69, 9.17) is 4.74 Å². The van der Waals surface area contributed by atoms with Gasteiger partial charge >= 0.3 is 0 Å². The van der Waals surface area contributed by atoms with Crippen molar-refractivity contribution in [3.05, 3.63) is 94.3 Å². The number of rotatable bonds is 6. The van der Waals surface area contributed by atoms with E-state index in [0.717, 1.165) is 22.3 Å². The number of para-hydroxylation sites is 2. The first kappa shape index (κ1) is 25.8. The van der Waals surface area contributed by atoms with Crippen LogP contribution < -0.4 is 10.5 Å². The molecule has 4 aromatic rings. The second-order valence-electron chi connectivity index (χ2n) is 11.2. The number of carbonyl (C=O) groups is 1. The third-order valence-corrected chi connectivity index (χ3v) is 10.9. The molecule has 3 aromatic carbocycles. The maximum atomic E-state index is 14.4. The van der Waals surface area contributed by atoms with Gasteiger partial charge in [0.25, 0.3) is 11.5 Å². The largest absolute Gasteiger partial charge is 0.432 e.